The predicted molar refractivity (Wildman–Crippen MR) is 133 cm³/mol. The summed E-state index contributed by atoms with van der Waals surface area (Å²) in [6.45, 7) is 0.232. The lowest BCUT2D eigenvalue weighted by Gasteiger charge is -2.11. The summed E-state index contributed by atoms with van der Waals surface area (Å²) in [4.78, 5) is 22.2. The summed E-state index contributed by atoms with van der Waals surface area (Å²) in [6, 6.07) is 14.8. The highest BCUT2D eigenvalue weighted by Gasteiger charge is 2.21. The van der Waals surface area contributed by atoms with E-state index in [9.17, 15) is 4.79 Å². The quantitative estimate of drug-likeness (QED) is 0.359. The second-order valence-electron chi connectivity index (χ2n) is 7.81. The van der Waals surface area contributed by atoms with Crippen LogP contribution in [0.25, 0.3) is 22.7 Å². The van der Waals surface area contributed by atoms with Gasteiger partial charge in [0.25, 0.3) is 5.91 Å². The smallest absolute Gasteiger partial charge is 0.272 e. The maximum atomic E-state index is 13.3. The molecule has 5 rings (SSSR count). The molecule has 0 fully saturated rings. The zero-order valence-electron chi connectivity index (χ0n) is 20.0. The van der Waals surface area contributed by atoms with Gasteiger partial charge in [-0.1, -0.05) is 6.07 Å². The lowest BCUT2D eigenvalue weighted by molar-refractivity contribution is 0.0948. The Balaban J connectivity index is 1.50. The Hall–Kier alpha value is -4.86. The van der Waals surface area contributed by atoms with E-state index in [1.165, 1.54) is 0 Å². The zero-order chi connectivity index (χ0) is 25.1. The summed E-state index contributed by atoms with van der Waals surface area (Å²) in [7, 11) is 4.79. The molecule has 0 spiro atoms. The summed E-state index contributed by atoms with van der Waals surface area (Å²) in [5.41, 5.74) is 3.11. The van der Waals surface area contributed by atoms with Gasteiger partial charge in [-0.15, -0.1) is 0 Å². The van der Waals surface area contributed by atoms with Crippen molar-refractivity contribution in [2.75, 3.05) is 21.3 Å². The van der Waals surface area contributed by atoms with Gasteiger partial charge in [0.15, 0.2) is 11.5 Å². The van der Waals surface area contributed by atoms with E-state index in [0.717, 1.165) is 11.3 Å². The average molecular weight is 485 g/mol. The van der Waals surface area contributed by atoms with Crippen LogP contribution in [0.4, 0.5) is 0 Å². The second-order valence-corrected chi connectivity index (χ2v) is 7.81. The third-order valence-corrected chi connectivity index (χ3v) is 5.76. The van der Waals surface area contributed by atoms with Crippen LogP contribution in [0.3, 0.4) is 0 Å². The summed E-state index contributed by atoms with van der Waals surface area (Å²) in [6.07, 6.45) is 6.71. The number of nitrogens with one attached hydrogen (secondary N) is 1. The molecule has 5 aromatic rings. The van der Waals surface area contributed by atoms with Crippen molar-refractivity contribution in [2.24, 2.45) is 0 Å². The molecule has 3 heterocycles. The van der Waals surface area contributed by atoms with Gasteiger partial charge < -0.3 is 19.5 Å². The third-order valence-electron chi connectivity index (χ3n) is 5.76. The third kappa shape index (κ3) is 4.20. The van der Waals surface area contributed by atoms with E-state index in [2.05, 4.69) is 15.4 Å². The molecular formula is C26H24N6O4. The van der Waals surface area contributed by atoms with Gasteiger partial charge in [-0.05, 0) is 36.4 Å². The van der Waals surface area contributed by atoms with Crippen LogP contribution in [-0.4, -0.2) is 51.4 Å². The molecule has 182 valence electrons. The van der Waals surface area contributed by atoms with Gasteiger partial charge in [-0.25, -0.2) is 9.67 Å². The molecule has 10 nitrogen and oxygen atoms in total. The molecule has 0 atom stereocenters. The van der Waals surface area contributed by atoms with Crippen molar-refractivity contribution >= 4 is 11.4 Å². The Morgan fingerprint density at radius 2 is 1.81 bits per heavy atom. The van der Waals surface area contributed by atoms with Crippen LogP contribution in [0.5, 0.6) is 17.2 Å². The van der Waals surface area contributed by atoms with Crippen LogP contribution >= 0.6 is 0 Å². The van der Waals surface area contributed by atoms with E-state index in [4.69, 9.17) is 19.2 Å². The molecule has 10 heteroatoms. The number of nitrogens with zero attached hydrogens (tertiary/aromatic N) is 5. The van der Waals surface area contributed by atoms with Gasteiger partial charge >= 0.3 is 0 Å². The van der Waals surface area contributed by atoms with Crippen molar-refractivity contribution in [2.45, 2.75) is 6.54 Å². The van der Waals surface area contributed by atoms with Crippen molar-refractivity contribution in [3.8, 4) is 34.5 Å². The number of methoxy groups -OCH3 is 3. The van der Waals surface area contributed by atoms with Crippen molar-refractivity contribution in [1.29, 1.82) is 0 Å². The number of rotatable bonds is 8. The molecule has 2 aromatic carbocycles. The van der Waals surface area contributed by atoms with Gasteiger partial charge in [-0.3, -0.25) is 14.2 Å². The Labute approximate surface area is 207 Å². The first-order chi connectivity index (χ1) is 17.6. The van der Waals surface area contributed by atoms with E-state index in [-0.39, 0.29) is 18.1 Å². The molecule has 0 bridgehead atoms. The van der Waals surface area contributed by atoms with Crippen LogP contribution in [0, 0.1) is 0 Å². The highest BCUT2D eigenvalue weighted by Crippen LogP contribution is 2.27. The molecule has 36 heavy (non-hydrogen) atoms. The maximum absolute atomic E-state index is 13.3. The Bertz CT molecular complexity index is 1540. The molecule has 1 N–H and O–H groups in total. The van der Waals surface area contributed by atoms with Crippen molar-refractivity contribution in [3.63, 3.8) is 0 Å². The first kappa shape index (κ1) is 22.9. The minimum absolute atomic E-state index is 0.232. The molecule has 0 unspecified atom stereocenters. The van der Waals surface area contributed by atoms with Crippen molar-refractivity contribution in [1.82, 2.24) is 29.5 Å². The molecular weight excluding hydrogens is 460 g/mol. The molecule has 1 amide bonds. The van der Waals surface area contributed by atoms with Gasteiger partial charge in [0.1, 0.15) is 22.9 Å². The van der Waals surface area contributed by atoms with E-state index >= 15 is 0 Å². The minimum atomic E-state index is -0.343. The Morgan fingerprint density at radius 1 is 0.972 bits per heavy atom. The maximum Gasteiger partial charge on any atom is 0.272 e. The first-order valence-corrected chi connectivity index (χ1v) is 11.1. The van der Waals surface area contributed by atoms with Crippen LogP contribution < -0.4 is 19.5 Å². The number of hydrogen-bond donors (Lipinski definition) is 1. The minimum Gasteiger partial charge on any atom is -0.497 e. The first-order valence-electron chi connectivity index (χ1n) is 11.1. The Kier molecular flexibility index (Phi) is 6.23. The summed E-state index contributed by atoms with van der Waals surface area (Å²) in [5, 5.41) is 7.41. The normalized spacial score (nSPS) is 10.9. The number of amides is 1. The average Bonchev–Trinajstić information content (AvgIpc) is 3.56. The number of aromatic nitrogens is 5. The van der Waals surface area contributed by atoms with E-state index in [1.807, 2.05) is 40.8 Å². The number of carbonyl (C=O) groups excluding carboxylic acids is 1. The fourth-order valence-corrected chi connectivity index (χ4v) is 3.99. The van der Waals surface area contributed by atoms with Crippen molar-refractivity contribution in [3.05, 3.63) is 84.6 Å². The molecule has 0 aliphatic heterocycles. The summed E-state index contributed by atoms with van der Waals surface area (Å²) >= 11 is 0. The molecule has 0 aliphatic rings. The molecule has 0 saturated heterocycles. The second kappa shape index (κ2) is 9.79. The standard InChI is InChI=1S/C26H24N6O4/c1-34-19-6-4-5-18(14-19)32-21(9-10-29-32)25-30-24(22-16-27-11-12-31(22)25)26(33)28-15-17-13-20(35-2)7-8-23(17)36-3/h4-14,16H,15H2,1-3H3,(H,28,33). The fraction of sp³-hybridized carbons (Fsp3) is 0.154. The molecule has 0 saturated carbocycles. The van der Waals surface area contributed by atoms with Crippen LogP contribution in [0.1, 0.15) is 16.1 Å². The number of imidazole rings is 1. The number of ether oxygens (including phenoxy) is 3. The fourth-order valence-electron chi connectivity index (χ4n) is 3.99. The number of benzene rings is 2. The molecule has 0 aliphatic carbocycles. The zero-order valence-corrected chi connectivity index (χ0v) is 20.0. The number of fused-ring (bicyclic) bond motifs is 1. The van der Waals surface area contributed by atoms with Gasteiger partial charge in [0.05, 0.1) is 44.9 Å². The van der Waals surface area contributed by atoms with Crippen LogP contribution in [0.2, 0.25) is 0 Å². The number of carbonyl (C=O) groups is 1. The van der Waals surface area contributed by atoms with E-state index in [1.54, 1.807) is 62.9 Å². The highest BCUT2D eigenvalue weighted by molar-refractivity contribution is 5.99. The Morgan fingerprint density at radius 3 is 2.61 bits per heavy atom. The van der Waals surface area contributed by atoms with Gasteiger partial charge in [0.2, 0.25) is 0 Å². The largest absolute Gasteiger partial charge is 0.497 e. The highest BCUT2D eigenvalue weighted by atomic mass is 16.5. The molecule has 3 aromatic heterocycles. The van der Waals surface area contributed by atoms with Gasteiger partial charge in [-0.2, -0.15) is 5.10 Å². The van der Waals surface area contributed by atoms with Crippen molar-refractivity contribution < 1.29 is 19.0 Å². The SMILES string of the molecule is COc1cccc(-n2nccc2-c2nc(C(=O)NCc3cc(OC)ccc3OC)c3cnccn23)c1. The lowest BCUT2D eigenvalue weighted by Crippen LogP contribution is -2.23. The van der Waals surface area contributed by atoms with Crippen LogP contribution in [-0.2, 0) is 6.54 Å². The molecule has 0 radical (unpaired) electrons. The lowest BCUT2D eigenvalue weighted by atomic mass is 10.2. The predicted octanol–water partition coefficient (Wildman–Crippen LogP) is 3.54. The monoisotopic (exact) mass is 484 g/mol. The topological polar surface area (TPSA) is 105 Å². The van der Waals surface area contributed by atoms with E-state index in [0.29, 0.717) is 34.3 Å². The van der Waals surface area contributed by atoms with Gasteiger partial charge in [0, 0.05) is 30.6 Å². The van der Waals surface area contributed by atoms with Crippen LogP contribution in [0.15, 0.2) is 73.3 Å². The summed E-state index contributed by atoms with van der Waals surface area (Å²) in [5.74, 6) is 2.24. The summed E-state index contributed by atoms with van der Waals surface area (Å²) < 4.78 is 19.7. The number of hydrogen-bond acceptors (Lipinski definition) is 7. The van der Waals surface area contributed by atoms with E-state index < -0.39 is 0 Å².